The lowest BCUT2D eigenvalue weighted by Gasteiger charge is -2.26. The number of esters is 1. The third kappa shape index (κ3) is 9.44. The Morgan fingerprint density at radius 1 is 1.07 bits per heavy atom. The van der Waals surface area contributed by atoms with Gasteiger partial charge in [0.05, 0.1) is 12.0 Å². The average molecular weight is 408 g/mol. The van der Waals surface area contributed by atoms with Gasteiger partial charge in [-0.3, -0.25) is 4.79 Å². The van der Waals surface area contributed by atoms with E-state index in [2.05, 4.69) is 25.1 Å². The monoisotopic (exact) mass is 407 g/mol. The van der Waals surface area contributed by atoms with Gasteiger partial charge in [0.1, 0.15) is 5.75 Å². The number of carbonyl (C=O) groups excluding carboxylic acids is 1. The van der Waals surface area contributed by atoms with Gasteiger partial charge in [-0.25, -0.2) is 0 Å². The van der Waals surface area contributed by atoms with Crippen LogP contribution in [0.5, 0.6) is 5.75 Å². The fraction of sp³-hybridized carbons (Fsp3) is 0.556. The molecule has 2 rings (SSSR count). The first-order chi connectivity index (χ1) is 14.7. The molecule has 1 saturated carbocycles. The van der Waals surface area contributed by atoms with Crippen molar-refractivity contribution in [1.82, 2.24) is 0 Å². The molecule has 3 nitrogen and oxygen atoms in total. The summed E-state index contributed by atoms with van der Waals surface area (Å²) in [6.07, 6.45) is 21.1. The molecule has 0 bridgehead atoms. The van der Waals surface area contributed by atoms with E-state index >= 15 is 0 Å². The lowest BCUT2D eigenvalue weighted by Crippen LogP contribution is -2.25. The molecule has 162 valence electrons. The van der Waals surface area contributed by atoms with E-state index in [1.807, 2.05) is 24.3 Å². The van der Waals surface area contributed by atoms with E-state index in [4.69, 9.17) is 10.00 Å². The molecular formula is C27H37NO2. The highest BCUT2D eigenvalue weighted by Gasteiger charge is 2.27. The largest absolute Gasteiger partial charge is 0.426 e. The molecule has 0 aromatic heterocycles. The maximum atomic E-state index is 12.5. The number of ether oxygens (including phenoxy) is 1. The number of nitrogens with zero attached hydrogens (tertiary/aromatic N) is 1. The Hall–Kier alpha value is -2.34. The Bertz CT molecular complexity index is 703. The summed E-state index contributed by atoms with van der Waals surface area (Å²) in [6.45, 7) is 2.24. The first-order valence-corrected chi connectivity index (χ1v) is 11.7. The number of benzene rings is 1. The summed E-state index contributed by atoms with van der Waals surface area (Å²) in [5.41, 5.74) is 1.32. The van der Waals surface area contributed by atoms with E-state index in [-0.39, 0.29) is 11.9 Å². The van der Waals surface area contributed by atoms with Crippen molar-refractivity contribution >= 4 is 5.97 Å². The van der Waals surface area contributed by atoms with Crippen LogP contribution < -0.4 is 4.74 Å². The Morgan fingerprint density at radius 2 is 1.80 bits per heavy atom. The van der Waals surface area contributed by atoms with Gasteiger partial charge in [-0.2, -0.15) is 5.26 Å². The molecule has 0 N–H and O–H groups in total. The highest BCUT2D eigenvalue weighted by molar-refractivity contribution is 5.75. The zero-order chi connectivity index (χ0) is 21.4. The van der Waals surface area contributed by atoms with Crippen LogP contribution in [0.1, 0.15) is 83.1 Å². The van der Waals surface area contributed by atoms with Gasteiger partial charge in [0.2, 0.25) is 0 Å². The van der Waals surface area contributed by atoms with E-state index < -0.39 is 0 Å². The van der Waals surface area contributed by atoms with Gasteiger partial charge < -0.3 is 4.74 Å². The van der Waals surface area contributed by atoms with Gasteiger partial charge in [-0.15, -0.1) is 0 Å². The second-order valence-electron chi connectivity index (χ2n) is 8.44. The van der Waals surface area contributed by atoms with Crippen LogP contribution in [0.3, 0.4) is 0 Å². The number of rotatable bonds is 12. The van der Waals surface area contributed by atoms with E-state index in [0.717, 1.165) is 44.9 Å². The third-order valence-corrected chi connectivity index (χ3v) is 6.05. The lowest BCUT2D eigenvalue weighted by atomic mass is 9.80. The van der Waals surface area contributed by atoms with Crippen LogP contribution >= 0.6 is 0 Å². The quantitative estimate of drug-likeness (QED) is 0.120. The standard InChI is InChI=1S/C27H37NO2/c1-2-3-4-6-9-13-24-16-20-26(21-17-24)30-27(29)25-18-14-23(15-19-25)12-10-7-5-8-11-22-28/h5,7-8,11,16-17,20-21,23,25H,2-4,6,9-10,12-15,18-19H2,1H3/t23-,25-. The van der Waals surface area contributed by atoms with Gasteiger partial charge >= 0.3 is 5.97 Å². The zero-order valence-corrected chi connectivity index (χ0v) is 18.5. The van der Waals surface area contributed by atoms with Crippen LogP contribution in [0.2, 0.25) is 0 Å². The number of nitriles is 1. The summed E-state index contributed by atoms with van der Waals surface area (Å²) < 4.78 is 5.65. The summed E-state index contributed by atoms with van der Waals surface area (Å²) in [5, 5.41) is 8.45. The first kappa shape index (κ1) is 23.9. The van der Waals surface area contributed by atoms with Crippen LogP contribution in [-0.2, 0) is 11.2 Å². The zero-order valence-electron chi connectivity index (χ0n) is 18.5. The normalized spacial score (nSPS) is 19.2. The summed E-state index contributed by atoms with van der Waals surface area (Å²) in [6, 6.07) is 10.1. The molecule has 1 aliphatic rings. The Balaban J connectivity index is 1.65. The van der Waals surface area contributed by atoms with E-state index in [9.17, 15) is 4.79 Å². The molecule has 0 aliphatic heterocycles. The Morgan fingerprint density at radius 3 is 2.50 bits per heavy atom. The van der Waals surface area contributed by atoms with Crippen LogP contribution in [0.25, 0.3) is 0 Å². The molecule has 0 amide bonds. The SMILES string of the molecule is CCCCCCCc1ccc(OC(=O)[C@H]2CC[C@H](CCC=CC=CC#N)CC2)cc1. The summed E-state index contributed by atoms with van der Waals surface area (Å²) in [4.78, 5) is 12.5. The van der Waals surface area contributed by atoms with Crippen LogP contribution in [0, 0.1) is 23.2 Å². The molecule has 0 atom stereocenters. The van der Waals surface area contributed by atoms with Crippen molar-refractivity contribution in [3.63, 3.8) is 0 Å². The number of unbranched alkanes of at least 4 members (excludes halogenated alkanes) is 4. The number of hydrogen-bond acceptors (Lipinski definition) is 3. The van der Waals surface area contributed by atoms with Gasteiger partial charge in [-0.05, 0) is 75.0 Å². The van der Waals surface area contributed by atoms with Crippen molar-refractivity contribution in [2.45, 2.75) is 84.0 Å². The molecule has 0 saturated heterocycles. The van der Waals surface area contributed by atoms with Crippen molar-refractivity contribution in [1.29, 1.82) is 5.26 Å². The van der Waals surface area contributed by atoms with Crippen molar-refractivity contribution in [2.75, 3.05) is 0 Å². The van der Waals surface area contributed by atoms with Gasteiger partial charge in [0.25, 0.3) is 0 Å². The molecule has 0 spiro atoms. The summed E-state index contributed by atoms with van der Waals surface area (Å²) in [7, 11) is 0. The maximum absolute atomic E-state index is 12.5. The predicted molar refractivity (Wildman–Crippen MR) is 123 cm³/mol. The van der Waals surface area contributed by atoms with E-state index in [1.165, 1.54) is 43.7 Å². The minimum absolute atomic E-state index is 0.0357. The van der Waals surface area contributed by atoms with Gasteiger partial charge in [0, 0.05) is 6.08 Å². The average Bonchev–Trinajstić information content (AvgIpc) is 2.77. The minimum atomic E-state index is -0.0673. The number of hydrogen-bond donors (Lipinski definition) is 0. The second kappa shape index (κ2) is 14.6. The van der Waals surface area contributed by atoms with Crippen molar-refractivity contribution in [3.8, 4) is 11.8 Å². The van der Waals surface area contributed by atoms with Crippen molar-refractivity contribution < 1.29 is 9.53 Å². The maximum Gasteiger partial charge on any atom is 0.314 e. The number of carbonyl (C=O) groups is 1. The van der Waals surface area contributed by atoms with Gasteiger partial charge in [0.15, 0.2) is 0 Å². The summed E-state index contributed by atoms with van der Waals surface area (Å²) >= 11 is 0. The molecule has 0 radical (unpaired) electrons. The molecule has 30 heavy (non-hydrogen) atoms. The molecule has 1 fully saturated rings. The third-order valence-electron chi connectivity index (χ3n) is 6.05. The number of aryl methyl sites for hydroxylation is 1. The minimum Gasteiger partial charge on any atom is -0.426 e. The highest BCUT2D eigenvalue weighted by Crippen LogP contribution is 2.32. The molecule has 3 heteroatoms. The number of allylic oxidation sites excluding steroid dienone is 4. The predicted octanol–water partition coefficient (Wildman–Crippen LogP) is 7.33. The Labute approximate surface area is 182 Å². The van der Waals surface area contributed by atoms with Gasteiger partial charge in [-0.1, -0.05) is 63.0 Å². The summed E-state index contributed by atoms with van der Waals surface area (Å²) in [5.74, 6) is 1.33. The molecular weight excluding hydrogens is 370 g/mol. The Kier molecular flexibility index (Phi) is 11.7. The molecule has 1 aromatic carbocycles. The topological polar surface area (TPSA) is 50.1 Å². The molecule has 1 aliphatic carbocycles. The van der Waals surface area contributed by atoms with E-state index in [1.54, 1.807) is 6.08 Å². The molecule has 0 heterocycles. The van der Waals surface area contributed by atoms with Crippen molar-refractivity contribution in [2.24, 2.45) is 11.8 Å². The van der Waals surface area contributed by atoms with Crippen LogP contribution in [-0.4, -0.2) is 5.97 Å². The van der Waals surface area contributed by atoms with Crippen molar-refractivity contribution in [3.05, 3.63) is 54.1 Å². The molecule has 0 unspecified atom stereocenters. The molecule has 1 aromatic rings. The second-order valence-corrected chi connectivity index (χ2v) is 8.44. The van der Waals surface area contributed by atoms with E-state index in [0.29, 0.717) is 11.7 Å². The lowest BCUT2D eigenvalue weighted by molar-refractivity contribution is -0.140. The van der Waals surface area contributed by atoms with Crippen LogP contribution in [0.4, 0.5) is 0 Å². The highest BCUT2D eigenvalue weighted by atomic mass is 16.5. The van der Waals surface area contributed by atoms with Crippen LogP contribution in [0.15, 0.2) is 48.6 Å². The first-order valence-electron chi connectivity index (χ1n) is 11.7. The smallest absolute Gasteiger partial charge is 0.314 e. The fourth-order valence-corrected chi connectivity index (χ4v) is 4.15. The fourth-order valence-electron chi connectivity index (χ4n) is 4.15.